The zero-order valence-corrected chi connectivity index (χ0v) is 16.9. The third-order valence-corrected chi connectivity index (χ3v) is 5.71. The maximum atomic E-state index is 13.4. The molecule has 1 heterocycles. The number of rotatable bonds is 7. The molecule has 2 atom stereocenters. The van der Waals surface area contributed by atoms with Crippen molar-refractivity contribution in [2.75, 3.05) is 13.2 Å². The van der Waals surface area contributed by atoms with Crippen LogP contribution >= 0.6 is 0 Å². The molecule has 5 nitrogen and oxygen atoms in total. The first-order valence-corrected chi connectivity index (χ1v) is 10.4. The molecule has 0 saturated carbocycles. The summed E-state index contributed by atoms with van der Waals surface area (Å²) in [6.07, 6.45) is 1.48. The van der Waals surface area contributed by atoms with Crippen molar-refractivity contribution in [1.29, 1.82) is 0 Å². The number of benzene rings is 3. The molecular formula is C25H23FN2O3. The Balaban J connectivity index is 1.20. The van der Waals surface area contributed by atoms with Crippen LogP contribution in [-0.2, 0) is 6.42 Å². The molecule has 1 aliphatic rings. The topological polar surface area (TPSA) is 67.5 Å². The van der Waals surface area contributed by atoms with Crippen molar-refractivity contribution in [2.45, 2.75) is 25.0 Å². The molecule has 3 aromatic carbocycles. The van der Waals surface area contributed by atoms with Crippen LogP contribution < -0.4 is 10.1 Å². The lowest BCUT2D eigenvalue weighted by molar-refractivity contribution is 0.103. The van der Waals surface area contributed by atoms with Crippen molar-refractivity contribution in [1.82, 2.24) is 10.5 Å². The Hall–Kier alpha value is -3.22. The van der Waals surface area contributed by atoms with E-state index in [9.17, 15) is 9.50 Å². The minimum absolute atomic E-state index is 0.174. The summed E-state index contributed by atoms with van der Waals surface area (Å²) in [6.45, 7) is 0.629. The van der Waals surface area contributed by atoms with Crippen LogP contribution in [-0.4, -0.2) is 29.5 Å². The molecule has 4 aromatic rings. The molecule has 2 N–H and O–H groups in total. The SMILES string of the molecule is OC(CNC1CCc2ccccc21)COc1cccc(-c2onc3cc(F)ccc23)c1. The number of aryl methyl sites for hydroxylation is 1. The van der Waals surface area contributed by atoms with E-state index < -0.39 is 6.10 Å². The van der Waals surface area contributed by atoms with Crippen LogP contribution in [0.3, 0.4) is 0 Å². The van der Waals surface area contributed by atoms with Crippen molar-refractivity contribution in [2.24, 2.45) is 0 Å². The van der Waals surface area contributed by atoms with Gasteiger partial charge in [0.2, 0.25) is 0 Å². The number of aliphatic hydroxyl groups excluding tert-OH is 1. The summed E-state index contributed by atoms with van der Waals surface area (Å²) >= 11 is 0. The van der Waals surface area contributed by atoms with E-state index in [1.165, 1.54) is 23.3 Å². The van der Waals surface area contributed by atoms with Gasteiger partial charge < -0.3 is 19.7 Å². The minimum Gasteiger partial charge on any atom is -0.491 e. The Morgan fingerprint density at radius 1 is 1.13 bits per heavy atom. The van der Waals surface area contributed by atoms with Gasteiger partial charge in [0, 0.05) is 29.6 Å². The Kier molecular flexibility index (Phi) is 5.40. The maximum Gasteiger partial charge on any atom is 0.174 e. The van der Waals surface area contributed by atoms with Gasteiger partial charge in [-0.05, 0) is 48.2 Å². The van der Waals surface area contributed by atoms with Crippen LogP contribution in [0.25, 0.3) is 22.2 Å². The second kappa shape index (κ2) is 8.49. The molecule has 31 heavy (non-hydrogen) atoms. The van der Waals surface area contributed by atoms with Crippen molar-refractivity contribution < 1.29 is 18.8 Å². The highest BCUT2D eigenvalue weighted by Gasteiger charge is 2.22. The van der Waals surface area contributed by atoms with E-state index in [1.807, 2.05) is 24.3 Å². The molecule has 5 rings (SSSR count). The summed E-state index contributed by atoms with van der Waals surface area (Å²) in [5.74, 6) is 0.824. The van der Waals surface area contributed by atoms with E-state index in [-0.39, 0.29) is 18.5 Å². The van der Waals surface area contributed by atoms with Crippen molar-refractivity contribution >= 4 is 10.9 Å². The predicted octanol–water partition coefficient (Wildman–Crippen LogP) is 4.65. The van der Waals surface area contributed by atoms with Gasteiger partial charge in [-0.15, -0.1) is 0 Å². The van der Waals surface area contributed by atoms with E-state index >= 15 is 0 Å². The number of fused-ring (bicyclic) bond motifs is 2. The fourth-order valence-electron chi connectivity index (χ4n) is 4.15. The number of halogens is 1. The zero-order valence-electron chi connectivity index (χ0n) is 16.9. The first-order valence-electron chi connectivity index (χ1n) is 10.4. The average molecular weight is 418 g/mol. The largest absolute Gasteiger partial charge is 0.491 e. The second-order valence-electron chi connectivity index (χ2n) is 7.86. The van der Waals surface area contributed by atoms with Gasteiger partial charge in [-0.2, -0.15) is 0 Å². The van der Waals surface area contributed by atoms with Crippen LogP contribution in [0.2, 0.25) is 0 Å². The average Bonchev–Trinajstić information content (AvgIpc) is 3.40. The number of hydrogen-bond donors (Lipinski definition) is 2. The van der Waals surface area contributed by atoms with E-state index in [0.717, 1.165) is 23.8 Å². The fraction of sp³-hybridized carbons (Fsp3) is 0.240. The summed E-state index contributed by atoms with van der Waals surface area (Å²) < 4.78 is 24.6. The Labute approximate surface area is 179 Å². The molecule has 2 unspecified atom stereocenters. The molecule has 0 spiro atoms. The quantitative estimate of drug-likeness (QED) is 0.457. The zero-order chi connectivity index (χ0) is 21.2. The lowest BCUT2D eigenvalue weighted by Crippen LogP contribution is -2.33. The first kappa shape index (κ1) is 19.7. The number of aromatic nitrogens is 1. The van der Waals surface area contributed by atoms with Crippen molar-refractivity contribution in [3.8, 4) is 17.1 Å². The fourth-order valence-corrected chi connectivity index (χ4v) is 4.15. The third kappa shape index (κ3) is 4.17. The van der Waals surface area contributed by atoms with Gasteiger partial charge in [0.15, 0.2) is 5.76 Å². The van der Waals surface area contributed by atoms with Crippen molar-refractivity contribution in [3.63, 3.8) is 0 Å². The van der Waals surface area contributed by atoms with Crippen LogP contribution in [0, 0.1) is 5.82 Å². The van der Waals surface area contributed by atoms with E-state index in [4.69, 9.17) is 9.26 Å². The van der Waals surface area contributed by atoms with Gasteiger partial charge >= 0.3 is 0 Å². The van der Waals surface area contributed by atoms with Crippen LogP contribution in [0.15, 0.2) is 71.3 Å². The van der Waals surface area contributed by atoms with Crippen LogP contribution in [0.4, 0.5) is 4.39 Å². The van der Waals surface area contributed by atoms with Crippen LogP contribution in [0.1, 0.15) is 23.6 Å². The maximum absolute atomic E-state index is 13.4. The van der Waals surface area contributed by atoms with Gasteiger partial charge in [0.05, 0.1) is 0 Å². The number of ether oxygens (including phenoxy) is 1. The number of nitrogens with zero attached hydrogens (tertiary/aromatic N) is 1. The second-order valence-corrected chi connectivity index (χ2v) is 7.86. The summed E-state index contributed by atoms with van der Waals surface area (Å²) in [6, 6.07) is 20.5. The van der Waals surface area contributed by atoms with Crippen LogP contribution in [0.5, 0.6) is 5.75 Å². The normalized spacial score (nSPS) is 16.4. The standard InChI is InChI=1S/C25H23FN2O3/c26-18-9-10-22-24(13-18)28-31-25(22)17-5-3-6-20(12-17)30-15-19(29)14-27-23-11-8-16-4-1-2-7-21(16)23/h1-7,9-10,12-13,19,23,27,29H,8,11,14-15H2. The molecule has 0 amide bonds. The molecule has 0 radical (unpaired) electrons. The summed E-state index contributed by atoms with van der Waals surface area (Å²) in [5.41, 5.74) is 3.95. The smallest absolute Gasteiger partial charge is 0.174 e. The van der Waals surface area contributed by atoms with Gasteiger partial charge in [0.1, 0.15) is 29.8 Å². The lowest BCUT2D eigenvalue weighted by Gasteiger charge is -2.18. The van der Waals surface area contributed by atoms with Crippen molar-refractivity contribution in [3.05, 3.63) is 83.7 Å². The minimum atomic E-state index is -0.634. The molecule has 0 fully saturated rings. The van der Waals surface area contributed by atoms with Gasteiger partial charge in [-0.1, -0.05) is 41.6 Å². The Morgan fingerprint density at radius 2 is 2.03 bits per heavy atom. The summed E-state index contributed by atoms with van der Waals surface area (Å²) in [7, 11) is 0. The molecule has 0 aliphatic heterocycles. The summed E-state index contributed by atoms with van der Waals surface area (Å²) in [5, 5.41) is 18.5. The predicted molar refractivity (Wildman–Crippen MR) is 116 cm³/mol. The van der Waals surface area contributed by atoms with E-state index in [1.54, 1.807) is 6.07 Å². The lowest BCUT2D eigenvalue weighted by atomic mass is 10.1. The Bertz CT molecular complexity index is 1210. The summed E-state index contributed by atoms with van der Waals surface area (Å²) in [4.78, 5) is 0. The van der Waals surface area contributed by atoms with E-state index in [0.29, 0.717) is 23.6 Å². The van der Waals surface area contributed by atoms with E-state index in [2.05, 4.69) is 34.7 Å². The molecular weight excluding hydrogens is 395 g/mol. The third-order valence-electron chi connectivity index (χ3n) is 5.71. The number of hydrogen-bond acceptors (Lipinski definition) is 5. The van der Waals surface area contributed by atoms with Gasteiger partial charge in [0.25, 0.3) is 0 Å². The highest BCUT2D eigenvalue weighted by molar-refractivity contribution is 5.91. The Morgan fingerprint density at radius 3 is 2.97 bits per heavy atom. The first-order chi connectivity index (χ1) is 15.2. The highest BCUT2D eigenvalue weighted by Crippen LogP contribution is 2.32. The molecule has 1 aromatic heterocycles. The molecule has 0 bridgehead atoms. The number of aliphatic hydroxyl groups is 1. The molecule has 158 valence electrons. The highest BCUT2D eigenvalue weighted by atomic mass is 19.1. The molecule has 1 aliphatic carbocycles. The molecule has 0 saturated heterocycles. The molecule has 6 heteroatoms. The van der Waals surface area contributed by atoms with Gasteiger partial charge in [-0.3, -0.25) is 0 Å². The monoisotopic (exact) mass is 418 g/mol. The number of nitrogens with one attached hydrogen (secondary N) is 1. The van der Waals surface area contributed by atoms with Gasteiger partial charge in [-0.25, -0.2) is 4.39 Å².